The number of hydrogen-bond donors (Lipinski definition) is 1. The lowest BCUT2D eigenvalue weighted by Crippen LogP contribution is -2.50. The van der Waals surface area contributed by atoms with Crippen LogP contribution in [0.1, 0.15) is 52.4 Å². The van der Waals surface area contributed by atoms with Crippen LogP contribution in [0.15, 0.2) is 0 Å². The molecule has 2 aliphatic rings. The summed E-state index contributed by atoms with van der Waals surface area (Å²) in [5, 5.41) is 3.62. The van der Waals surface area contributed by atoms with E-state index in [9.17, 15) is 0 Å². The number of nitrogens with zero attached hydrogens (tertiary/aromatic N) is 1. The minimum Gasteiger partial charge on any atom is -0.313 e. The second-order valence-corrected chi connectivity index (χ2v) is 5.81. The van der Waals surface area contributed by atoms with Crippen molar-refractivity contribution in [1.82, 2.24) is 10.2 Å². The zero-order chi connectivity index (χ0) is 11.4. The molecule has 1 saturated carbocycles. The zero-order valence-corrected chi connectivity index (χ0v) is 11.0. The number of rotatable bonds is 3. The Morgan fingerprint density at radius 2 is 1.88 bits per heavy atom. The quantitative estimate of drug-likeness (QED) is 0.793. The molecule has 1 N–H and O–H groups in total. The molecule has 1 unspecified atom stereocenters. The van der Waals surface area contributed by atoms with Gasteiger partial charge in [-0.25, -0.2) is 0 Å². The van der Waals surface area contributed by atoms with Gasteiger partial charge in [0.05, 0.1) is 0 Å². The van der Waals surface area contributed by atoms with Crippen LogP contribution >= 0.6 is 0 Å². The fourth-order valence-corrected chi connectivity index (χ4v) is 3.40. The summed E-state index contributed by atoms with van der Waals surface area (Å²) in [7, 11) is 0. The molecule has 0 aromatic carbocycles. The van der Waals surface area contributed by atoms with Crippen molar-refractivity contribution >= 4 is 0 Å². The molecule has 0 bridgehead atoms. The van der Waals surface area contributed by atoms with Gasteiger partial charge in [-0.1, -0.05) is 13.8 Å². The van der Waals surface area contributed by atoms with Crippen LogP contribution in [0.2, 0.25) is 0 Å². The molecule has 0 aromatic rings. The predicted molar refractivity (Wildman–Crippen MR) is 69.7 cm³/mol. The fraction of sp³-hybridized carbons (Fsp3) is 1.00. The van der Waals surface area contributed by atoms with Crippen molar-refractivity contribution in [2.24, 2.45) is 5.92 Å². The first-order chi connectivity index (χ1) is 7.79. The molecular formula is C14H28N2. The summed E-state index contributed by atoms with van der Waals surface area (Å²) in [5.41, 5.74) is 0. The standard InChI is InChI=1S/C14H28N2/c1-3-15-13-5-4-10-16(11-13)14-8-6-12(2)7-9-14/h12-15H,3-11H2,1-2H3. The third-order valence-electron chi connectivity index (χ3n) is 4.45. The molecule has 0 spiro atoms. The Morgan fingerprint density at radius 1 is 1.12 bits per heavy atom. The topological polar surface area (TPSA) is 15.3 Å². The van der Waals surface area contributed by atoms with Gasteiger partial charge in [-0.15, -0.1) is 0 Å². The van der Waals surface area contributed by atoms with Gasteiger partial charge in [0.25, 0.3) is 0 Å². The summed E-state index contributed by atoms with van der Waals surface area (Å²) in [6.07, 6.45) is 8.57. The molecule has 1 aliphatic carbocycles. The van der Waals surface area contributed by atoms with Crippen molar-refractivity contribution in [2.75, 3.05) is 19.6 Å². The van der Waals surface area contributed by atoms with Crippen molar-refractivity contribution in [3.8, 4) is 0 Å². The average molecular weight is 224 g/mol. The van der Waals surface area contributed by atoms with Crippen molar-refractivity contribution < 1.29 is 0 Å². The van der Waals surface area contributed by atoms with E-state index in [0.29, 0.717) is 0 Å². The normalized spacial score (nSPS) is 37.5. The second-order valence-electron chi connectivity index (χ2n) is 5.81. The fourth-order valence-electron chi connectivity index (χ4n) is 3.40. The highest BCUT2D eigenvalue weighted by Crippen LogP contribution is 2.28. The van der Waals surface area contributed by atoms with Crippen LogP contribution in [0.3, 0.4) is 0 Å². The van der Waals surface area contributed by atoms with Crippen molar-refractivity contribution in [3.63, 3.8) is 0 Å². The highest BCUT2D eigenvalue weighted by atomic mass is 15.2. The molecule has 0 aromatic heterocycles. The maximum Gasteiger partial charge on any atom is 0.0195 e. The lowest BCUT2D eigenvalue weighted by molar-refractivity contribution is 0.100. The van der Waals surface area contributed by atoms with Crippen LogP contribution in [-0.2, 0) is 0 Å². The SMILES string of the molecule is CCNC1CCCN(C2CCC(C)CC2)C1. The highest BCUT2D eigenvalue weighted by molar-refractivity contribution is 4.85. The van der Waals surface area contributed by atoms with Crippen molar-refractivity contribution in [3.05, 3.63) is 0 Å². The van der Waals surface area contributed by atoms with E-state index in [1.807, 2.05) is 0 Å². The highest BCUT2D eigenvalue weighted by Gasteiger charge is 2.27. The van der Waals surface area contributed by atoms with E-state index in [1.54, 1.807) is 0 Å². The Morgan fingerprint density at radius 3 is 2.56 bits per heavy atom. The molecule has 1 aliphatic heterocycles. The van der Waals surface area contributed by atoms with Gasteiger partial charge in [0, 0.05) is 18.6 Å². The van der Waals surface area contributed by atoms with Crippen LogP contribution in [0.25, 0.3) is 0 Å². The van der Waals surface area contributed by atoms with E-state index in [-0.39, 0.29) is 0 Å². The van der Waals surface area contributed by atoms with E-state index < -0.39 is 0 Å². The van der Waals surface area contributed by atoms with E-state index >= 15 is 0 Å². The molecule has 2 rings (SSSR count). The Bertz CT molecular complexity index is 195. The lowest BCUT2D eigenvalue weighted by atomic mass is 9.85. The summed E-state index contributed by atoms with van der Waals surface area (Å²) in [6, 6.07) is 1.66. The van der Waals surface area contributed by atoms with Gasteiger partial charge in [0.15, 0.2) is 0 Å². The number of likely N-dealkylation sites (tertiary alicyclic amines) is 1. The summed E-state index contributed by atoms with van der Waals surface area (Å²) in [5.74, 6) is 0.977. The Balaban J connectivity index is 1.80. The molecule has 2 nitrogen and oxygen atoms in total. The molecule has 0 radical (unpaired) electrons. The maximum atomic E-state index is 3.62. The third kappa shape index (κ3) is 3.21. The first kappa shape index (κ1) is 12.4. The van der Waals surface area contributed by atoms with Crippen LogP contribution in [0.4, 0.5) is 0 Å². The van der Waals surface area contributed by atoms with E-state index in [0.717, 1.165) is 24.5 Å². The van der Waals surface area contributed by atoms with Crippen LogP contribution in [0, 0.1) is 5.92 Å². The smallest absolute Gasteiger partial charge is 0.0195 e. The molecule has 2 fully saturated rings. The first-order valence-electron chi connectivity index (χ1n) is 7.27. The Hall–Kier alpha value is -0.0800. The molecule has 1 saturated heterocycles. The summed E-state index contributed by atoms with van der Waals surface area (Å²) in [4.78, 5) is 2.77. The van der Waals surface area contributed by atoms with Gasteiger partial charge in [0.1, 0.15) is 0 Å². The number of hydrogen-bond acceptors (Lipinski definition) is 2. The monoisotopic (exact) mass is 224 g/mol. The van der Waals surface area contributed by atoms with Gasteiger partial charge in [-0.05, 0) is 57.5 Å². The van der Waals surface area contributed by atoms with Gasteiger partial charge < -0.3 is 5.32 Å². The minimum atomic E-state index is 0.762. The van der Waals surface area contributed by atoms with Crippen LogP contribution in [-0.4, -0.2) is 36.6 Å². The van der Waals surface area contributed by atoms with Crippen molar-refractivity contribution in [1.29, 1.82) is 0 Å². The van der Waals surface area contributed by atoms with Gasteiger partial charge in [-0.3, -0.25) is 4.90 Å². The Labute approximate surface area is 101 Å². The van der Waals surface area contributed by atoms with Crippen LogP contribution in [0.5, 0.6) is 0 Å². The minimum absolute atomic E-state index is 0.762. The molecule has 1 atom stereocenters. The van der Waals surface area contributed by atoms with Crippen molar-refractivity contribution in [2.45, 2.75) is 64.5 Å². The summed E-state index contributed by atoms with van der Waals surface area (Å²) < 4.78 is 0. The number of nitrogens with one attached hydrogen (secondary N) is 1. The molecular weight excluding hydrogens is 196 g/mol. The molecule has 94 valence electrons. The van der Waals surface area contributed by atoms with Gasteiger partial charge in [0.2, 0.25) is 0 Å². The van der Waals surface area contributed by atoms with E-state index in [4.69, 9.17) is 0 Å². The maximum absolute atomic E-state index is 3.62. The largest absolute Gasteiger partial charge is 0.313 e. The molecule has 1 heterocycles. The molecule has 2 heteroatoms. The van der Waals surface area contributed by atoms with Gasteiger partial charge in [-0.2, -0.15) is 0 Å². The predicted octanol–water partition coefficient (Wildman–Crippen LogP) is 2.64. The van der Waals surface area contributed by atoms with Gasteiger partial charge >= 0.3 is 0 Å². The number of likely N-dealkylation sites (N-methyl/N-ethyl adjacent to an activating group) is 1. The van der Waals surface area contributed by atoms with E-state index in [2.05, 4.69) is 24.1 Å². The number of piperidine rings is 1. The molecule has 0 amide bonds. The Kier molecular flexibility index (Phi) is 4.66. The van der Waals surface area contributed by atoms with Crippen LogP contribution < -0.4 is 5.32 Å². The summed E-state index contributed by atoms with van der Waals surface area (Å²) in [6.45, 7) is 8.41. The average Bonchev–Trinajstić information content (AvgIpc) is 2.31. The summed E-state index contributed by atoms with van der Waals surface area (Å²) >= 11 is 0. The molecule has 16 heavy (non-hydrogen) atoms. The zero-order valence-electron chi connectivity index (χ0n) is 11.0. The first-order valence-corrected chi connectivity index (χ1v) is 7.27. The second kappa shape index (κ2) is 6.02. The lowest BCUT2D eigenvalue weighted by Gasteiger charge is -2.41. The third-order valence-corrected chi connectivity index (χ3v) is 4.45. The van der Waals surface area contributed by atoms with E-state index in [1.165, 1.54) is 51.6 Å².